The molecular weight excluding hydrogens is 522 g/mol. The molecule has 0 spiro atoms. The lowest BCUT2D eigenvalue weighted by atomic mass is 9.80. The molecule has 0 amide bonds. The summed E-state index contributed by atoms with van der Waals surface area (Å²) in [7, 11) is 0. The summed E-state index contributed by atoms with van der Waals surface area (Å²) < 4.78 is 12.2. The molecule has 250 valence electrons. The lowest BCUT2D eigenvalue weighted by Gasteiger charge is -2.53. The molecule has 0 radical (unpaired) electrons. The fourth-order valence-electron chi connectivity index (χ4n) is 6.63. The zero-order valence-corrected chi connectivity index (χ0v) is 29.6. The molecule has 5 nitrogen and oxygen atoms in total. The second-order valence-corrected chi connectivity index (χ2v) is 15.1. The molecule has 1 aliphatic rings. The number of piperidine rings is 1. The number of rotatable bonds is 26. The van der Waals surface area contributed by atoms with Crippen molar-refractivity contribution in [1.29, 1.82) is 0 Å². The molecule has 0 aromatic heterocycles. The van der Waals surface area contributed by atoms with Gasteiger partial charge in [-0.1, -0.05) is 123 Å². The highest BCUT2D eigenvalue weighted by Gasteiger charge is 2.48. The average molecular weight is 596 g/mol. The normalized spacial score (nSPS) is 17.5. The Hall–Kier alpha value is -0.650. The van der Waals surface area contributed by atoms with E-state index in [1.54, 1.807) is 0 Å². The average Bonchev–Trinajstić information content (AvgIpc) is 2.89. The van der Waals surface area contributed by atoms with Gasteiger partial charge in [0.1, 0.15) is 6.10 Å². The molecule has 0 aromatic rings. The van der Waals surface area contributed by atoms with Gasteiger partial charge in [-0.05, 0) is 54.4 Å². The van der Waals surface area contributed by atoms with E-state index in [4.69, 9.17) is 14.3 Å². The summed E-state index contributed by atoms with van der Waals surface area (Å²) in [6, 6.07) is 0. The lowest BCUT2D eigenvalue weighted by molar-refractivity contribution is -0.309. The van der Waals surface area contributed by atoms with Crippen LogP contribution in [0.4, 0.5) is 0 Å². The summed E-state index contributed by atoms with van der Waals surface area (Å²) in [4.78, 5) is 19.2. The van der Waals surface area contributed by atoms with E-state index < -0.39 is 0 Å². The van der Waals surface area contributed by atoms with E-state index in [1.165, 1.54) is 103 Å². The molecule has 0 N–H and O–H groups in total. The number of unbranched alkanes of at least 4 members (excludes halogenated alkanes) is 17. The summed E-state index contributed by atoms with van der Waals surface area (Å²) in [5.41, 5.74) is -0.818. The Kier molecular flexibility index (Phi) is 20.6. The third kappa shape index (κ3) is 18.2. The van der Waals surface area contributed by atoms with Crippen LogP contribution < -0.4 is 0 Å². The maximum Gasteiger partial charge on any atom is 0.306 e. The van der Waals surface area contributed by atoms with Crippen molar-refractivity contribution >= 4 is 5.97 Å². The van der Waals surface area contributed by atoms with E-state index in [9.17, 15) is 4.79 Å². The number of nitrogens with zero attached hydrogens (tertiary/aromatic N) is 1. The van der Waals surface area contributed by atoms with Crippen LogP contribution in [0.15, 0.2) is 0 Å². The maximum atomic E-state index is 12.7. The second-order valence-electron chi connectivity index (χ2n) is 15.1. The van der Waals surface area contributed by atoms with Crippen molar-refractivity contribution in [2.45, 2.75) is 219 Å². The zero-order valence-electron chi connectivity index (χ0n) is 29.6. The van der Waals surface area contributed by atoms with Crippen LogP contribution in [-0.2, 0) is 19.1 Å². The van der Waals surface area contributed by atoms with E-state index >= 15 is 0 Å². The van der Waals surface area contributed by atoms with Gasteiger partial charge >= 0.3 is 5.97 Å². The molecule has 0 aliphatic carbocycles. The van der Waals surface area contributed by atoms with Crippen LogP contribution in [0, 0.1) is 0 Å². The van der Waals surface area contributed by atoms with Crippen molar-refractivity contribution in [3.8, 4) is 0 Å². The van der Waals surface area contributed by atoms with Gasteiger partial charge in [0.2, 0.25) is 0 Å². The van der Waals surface area contributed by atoms with Gasteiger partial charge in [0.05, 0.1) is 12.2 Å². The smallest absolute Gasteiger partial charge is 0.306 e. The first-order valence-electron chi connectivity index (χ1n) is 18.2. The predicted octanol–water partition coefficient (Wildman–Crippen LogP) is 11.1. The number of esters is 1. The Labute approximate surface area is 262 Å². The Balaban J connectivity index is 2.26. The maximum absolute atomic E-state index is 12.7. The lowest BCUT2D eigenvalue weighted by Crippen LogP contribution is -2.62. The summed E-state index contributed by atoms with van der Waals surface area (Å²) in [5, 5.41) is 2.15. The van der Waals surface area contributed by atoms with Crippen LogP contribution >= 0.6 is 0 Å². The number of hydroxylamine groups is 2. The second kappa shape index (κ2) is 22.0. The molecule has 0 atom stereocenters. The molecule has 42 heavy (non-hydrogen) atoms. The van der Waals surface area contributed by atoms with Crippen LogP contribution in [-0.4, -0.2) is 47.0 Å². The molecule has 0 saturated carbocycles. The van der Waals surface area contributed by atoms with Crippen molar-refractivity contribution < 1.29 is 19.1 Å². The van der Waals surface area contributed by atoms with Crippen LogP contribution in [0.2, 0.25) is 0 Å². The van der Waals surface area contributed by atoms with Gasteiger partial charge in [0.25, 0.3) is 0 Å². The van der Waals surface area contributed by atoms with Gasteiger partial charge in [-0.3, -0.25) is 9.63 Å². The largest absolute Gasteiger partial charge is 0.462 e. The van der Waals surface area contributed by atoms with Crippen molar-refractivity contribution in [3.63, 3.8) is 0 Å². The Morgan fingerprint density at radius 2 is 1.07 bits per heavy atom. The highest BCUT2D eigenvalue weighted by Crippen LogP contribution is 2.40. The fourth-order valence-corrected chi connectivity index (χ4v) is 6.63. The zero-order chi connectivity index (χ0) is 31.3. The van der Waals surface area contributed by atoms with E-state index in [1.807, 2.05) is 0 Å². The molecule has 1 heterocycles. The van der Waals surface area contributed by atoms with Gasteiger partial charge in [-0.25, -0.2) is 0 Å². The standard InChI is InChI=1S/C37H73NO4/c1-9-11-13-15-17-18-19-20-21-22-23-24-26-28-34(39)42-33-30-35(3,4)38(36(5,6)31-33)41-32-37(7,8)40-29-27-25-16-14-12-10-2/h33H,9-32H2,1-8H3. The van der Waals surface area contributed by atoms with Gasteiger partial charge in [0, 0.05) is 36.9 Å². The number of carbonyl (C=O) groups is 1. The minimum Gasteiger partial charge on any atom is -0.462 e. The summed E-state index contributed by atoms with van der Waals surface area (Å²) >= 11 is 0. The van der Waals surface area contributed by atoms with Crippen LogP contribution in [0.3, 0.4) is 0 Å². The number of hydrogen-bond acceptors (Lipinski definition) is 5. The molecule has 1 aliphatic heterocycles. The van der Waals surface area contributed by atoms with Crippen LogP contribution in [0.1, 0.15) is 197 Å². The first-order valence-corrected chi connectivity index (χ1v) is 18.2. The Bertz CT molecular complexity index is 657. The highest BCUT2D eigenvalue weighted by atomic mass is 16.7. The third-order valence-corrected chi connectivity index (χ3v) is 8.87. The van der Waals surface area contributed by atoms with Crippen molar-refractivity contribution in [2.75, 3.05) is 13.2 Å². The van der Waals surface area contributed by atoms with Gasteiger partial charge in [-0.15, -0.1) is 0 Å². The van der Waals surface area contributed by atoms with Gasteiger partial charge in [0.15, 0.2) is 0 Å². The van der Waals surface area contributed by atoms with E-state index in [-0.39, 0.29) is 28.8 Å². The van der Waals surface area contributed by atoms with Gasteiger partial charge in [-0.2, -0.15) is 5.06 Å². The molecule has 1 saturated heterocycles. The quantitative estimate of drug-likeness (QED) is 0.0735. The third-order valence-electron chi connectivity index (χ3n) is 8.87. The number of ether oxygens (including phenoxy) is 2. The molecule has 1 fully saturated rings. The predicted molar refractivity (Wildman–Crippen MR) is 179 cm³/mol. The first kappa shape index (κ1) is 39.4. The minimum atomic E-state index is -0.340. The van der Waals surface area contributed by atoms with E-state index in [2.05, 4.69) is 60.5 Å². The topological polar surface area (TPSA) is 48.0 Å². The highest BCUT2D eigenvalue weighted by molar-refractivity contribution is 5.69. The SMILES string of the molecule is CCCCCCCCCCCCCCCC(=O)OC1CC(C)(C)N(OCC(C)(C)OCCCCCCCC)C(C)(C)C1. The molecule has 1 rings (SSSR count). The van der Waals surface area contributed by atoms with E-state index in [0.29, 0.717) is 13.0 Å². The van der Waals surface area contributed by atoms with Gasteiger partial charge < -0.3 is 9.47 Å². The summed E-state index contributed by atoms with van der Waals surface area (Å²) in [6.07, 6.45) is 26.7. The van der Waals surface area contributed by atoms with Crippen molar-refractivity contribution in [3.05, 3.63) is 0 Å². The van der Waals surface area contributed by atoms with Crippen molar-refractivity contribution in [1.82, 2.24) is 5.06 Å². The molecule has 0 unspecified atom stereocenters. The minimum absolute atomic E-state index is 0.0340. The summed E-state index contributed by atoms with van der Waals surface area (Å²) in [6.45, 7) is 18.9. The first-order chi connectivity index (χ1) is 19.9. The Morgan fingerprint density at radius 3 is 1.52 bits per heavy atom. The summed E-state index contributed by atoms with van der Waals surface area (Å²) in [5.74, 6) is -0.0340. The monoisotopic (exact) mass is 596 g/mol. The van der Waals surface area contributed by atoms with Crippen LogP contribution in [0.5, 0.6) is 0 Å². The Morgan fingerprint density at radius 1 is 0.667 bits per heavy atom. The van der Waals surface area contributed by atoms with E-state index in [0.717, 1.165) is 38.7 Å². The molecule has 0 aromatic carbocycles. The number of carbonyl (C=O) groups excluding carboxylic acids is 1. The van der Waals surface area contributed by atoms with Crippen LogP contribution in [0.25, 0.3) is 0 Å². The van der Waals surface area contributed by atoms with Crippen molar-refractivity contribution in [2.24, 2.45) is 0 Å². The molecule has 5 heteroatoms. The number of hydrogen-bond donors (Lipinski definition) is 0. The molecule has 0 bridgehead atoms. The fraction of sp³-hybridized carbons (Fsp3) is 0.973. The molecular formula is C37H73NO4.